The first-order valence-electron chi connectivity index (χ1n) is 11.7. The van der Waals surface area contributed by atoms with E-state index in [1.807, 2.05) is 17.9 Å². The minimum Gasteiger partial charge on any atom is -0.339 e. The third-order valence-electron chi connectivity index (χ3n) is 6.62. The highest BCUT2D eigenvalue weighted by atomic mass is 35.5. The number of nitrogens with zero attached hydrogens (tertiary/aromatic N) is 5. The van der Waals surface area contributed by atoms with E-state index in [4.69, 9.17) is 11.6 Å². The summed E-state index contributed by atoms with van der Waals surface area (Å²) in [5.74, 6) is -0.296. The van der Waals surface area contributed by atoms with Crippen LogP contribution in [0.3, 0.4) is 0 Å². The number of fused-ring (bicyclic) bond motifs is 1. The van der Waals surface area contributed by atoms with Gasteiger partial charge in [-0.1, -0.05) is 47.5 Å². The molecule has 5 rings (SSSR count). The van der Waals surface area contributed by atoms with Crippen molar-refractivity contribution in [3.63, 3.8) is 0 Å². The van der Waals surface area contributed by atoms with E-state index >= 15 is 0 Å². The smallest absolute Gasteiger partial charge is 0.244 e. The molecule has 4 aromatic rings. The molecule has 0 N–H and O–H groups in total. The first-order chi connectivity index (χ1) is 16.9. The predicted molar refractivity (Wildman–Crippen MR) is 136 cm³/mol. The van der Waals surface area contributed by atoms with Crippen LogP contribution >= 0.6 is 11.6 Å². The van der Waals surface area contributed by atoms with Gasteiger partial charge in [-0.25, -0.2) is 14.1 Å². The van der Waals surface area contributed by atoms with Gasteiger partial charge >= 0.3 is 0 Å². The van der Waals surface area contributed by atoms with E-state index in [2.05, 4.69) is 46.2 Å². The quantitative estimate of drug-likeness (QED) is 0.400. The van der Waals surface area contributed by atoms with Crippen molar-refractivity contribution in [1.82, 2.24) is 24.6 Å². The molecule has 1 amide bonds. The fourth-order valence-electron chi connectivity index (χ4n) is 4.66. The Bertz CT molecular complexity index is 1360. The van der Waals surface area contributed by atoms with Crippen molar-refractivity contribution in [2.45, 2.75) is 26.9 Å². The normalized spacial score (nSPS) is 14.6. The van der Waals surface area contributed by atoms with Gasteiger partial charge in [0.2, 0.25) is 5.91 Å². The molecule has 1 aliphatic rings. The van der Waals surface area contributed by atoms with Gasteiger partial charge in [0.15, 0.2) is 5.65 Å². The summed E-state index contributed by atoms with van der Waals surface area (Å²) < 4.78 is 15.8. The van der Waals surface area contributed by atoms with Crippen LogP contribution in [0.2, 0.25) is 5.02 Å². The van der Waals surface area contributed by atoms with E-state index in [0.717, 1.165) is 22.2 Å². The molecular formula is C27H27ClFN5O. The second-order valence-electron chi connectivity index (χ2n) is 9.02. The van der Waals surface area contributed by atoms with E-state index in [9.17, 15) is 9.18 Å². The zero-order chi connectivity index (χ0) is 24.5. The van der Waals surface area contributed by atoms with Gasteiger partial charge in [0.25, 0.3) is 0 Å². The average molecular weight is 492 g/mol. The minimum absolute atomic E-state index is 0.000475. The summed E-state index contributed by atoms with van der Waals surface area (Å²) in [6.45, 7) is 7.05. The Kier molecular flexibility index (Phi) is 6.54. The Morgan fingerprint density at radius 3 is 2.49 bits per heavy atom. The fraction of sp³-hybridized carbons (Fsp3) is 0.296. The zero-order valence-electron chi connectivity index (χ0n) is 19.8. The molecule has 8 heteroatoms. The number of rotatable bonds is 5. The Morgan fingerprint density at radius 1 is 1.03 bits per heavy atom. The highest BCUT2D eigenvalue weighted by molar-refractivity contribution is 6.31. The summed E-state index contributed by atoms with van der Waals surface area (Å²) in [7, 11) is 0. The van der Waals surface area contributed by atoms with Gasteiger partial charge in [-0.2, -0.15) is 5.10 Å². The Balaban J connectivity index is 1.28. The fourth-order valence-corrected chi connectivity index (χ4v) is 4.88. The van der Waals surface area contributed by atoms with Crippen LogP contribution in [-0.4, -0.2) is 56.7 Å². The number of aryl methyl sites for hydroxylation is 2. The minimum atomic E-state index is -0.297. The van der Waals surface area contributed by atoms with Crippen LogP contribution in [0.5, 0.6) is 0 Å². The molecule has 2 aromatic carbocycles. The number of hydrogen-bond acceptors (Lipinski definition) is 4. The van der Waals surface area contributed by atoms with E-state index in [0.29, 0.717) is 49.0 Å². The van der Waals surface area contributed by atoms with Crippen molar-refractivity contribution in [3.05, 3.63) is 82.4 Å². The maximum atomic E-state index is 14.1. The van der Waals surface area contributed by atoms with Gasteiger partial charge in [0.05, 0.1) is 5.69 Å². The lowest BCUT2D eigenvalue weighted by Gasteiger charge is -2.35. The van der Waals surface area contributed by atoms with Gasteiger partial charge in [-0.05, 0) is 43.2 Å². The standard InChI is InChI=1S/C27H27ClFN5O/c1-18-6-8-20(9-7-18)21-10-11-30-27-26(21)19(2)31-34(27)17-25(35)33-14-12-32(13-15-33)16-22-23(28)4-3-5-24(22)29/h3-11H,12-17H2,1-2H3. The molecule has 2 aromatic heterocycles. The molecular weight excluding hydrogens is 465 g/mol. The Hall–Kier alpha value is -3.29. The zero-order valence-corrected chi connectivity index (χ0v) is 20.6. The number of aromatic nitrogens is 3. The van der Waals surface area contributed by atoms with Crippen LogP contribution < -0.4 is 0 Å². The van der Waals surface area contributed by atoms with Crippen molar-refractivity contribution < 1.29 is 9.18 Å². The van der Waals surface area contributed by atoms with Crippen LogP contribution in [0.1, 0.15) is 16.8 Å². The predicted octanol–water partition coefficient (Wildman–Crippen LogP) is 4.85. The summed E-state index contributed by atoms with van der Waals surface area (Å²) in [6, 6.07) is 15.1. The summed E-state index contributed by atoms with van der Waals surface area (Å²) in [4.78, 5) is 21.6. The number of carbonyl (C=O) groups is 1. The molecule has 180 valence electrons. The molecule has 0 saturated carbocycles. The second kappa shape index (κ2) is 9.76. The molecule has 0 radical (unpaired) electrons. The number of amides is 1. The third kappa shape index (κ3) is 4.79. The van der Waals surface area contributed by atoms with Crippen molar-refractivity contribution >= 4 is 28.5 Å². The summed E-state index contributed by atoms with van der Waals surface area (Å²) in [5, 5.41) is 6.06. The van der Waals surface area contributed by atoms with E-state index in [1.165, 1.54) is 11.6 Å². The van der Waals surface area contributed by atoms with Crippen LogP contribution in [0.4, 0.5) is 4.39 Å². The number of pyridine rings is 1. The first-order valence-corrected chi connectivity index (χ1v) is 12.1. The SMILES string of the molecule is Cc1ccc(-c2ccnc3c2c(C)nn3CC(=O)N2CCN(Cc3c(F)cccc3Cl)CC2)cc1. The first kappa shape index (κ1) is 23.5. The van der Waals surface area contributed by atoms with E-state index in [-0.39, 0.29) is 18.3 Å². The number of halogens is 2. The van der Waals surface area contributed by atoms with Crippen LogP contribution in [-0.2, 0) is 17.9 Å². The summed E-state index contributed by atoms with van der Waals surface area (Å²) in [5.41, 5.74) is 5.43. The van der Waals surface area contributed by atoms with Crippen LogP contribution in [0.15, 0.2) is 54.7 Å². The topological polar surface area (TPSA) is 54.3 Å². The average Bonchev–Trinajstić information content (AvgIpc) is 3.17. The van der Waals surface area contributed by atoms with Crippen LogP contribution in [0, 0.1) is 19.7 Å². The number of piperazine rings is 1. The molecule has 1 fully saturated rings. The molecule has 35 heavy (non-hydrogen) atoms. The molecule has 1 aliphatic heterocycles. The lowest BCUT2D eigenvalue weighted by Crippen LogP contribution is -2.49. The molecule has 0 atom stereocenters. The third-order valence-corrected chi connectivity index (χ3v) is 6.98. The second-order valence-corrected chi connectivity index (χ2v) is 9.43. The molecule has 0 unspecified atom stereocenters. The monoisotopic (exact) mass is 491 g/mol. The molecule has 0 aliphatic carbocycles. The lowest BCUT2D eigenvalue weighted by molar-refractivity contribution is -0.133. The van der Waals surface area contributed by atoms with Gasteiger partial charge in [0, 0.05) is 54.9 Å². The van der Waals surface area contributed by atoms with Gasteiger partial charge in [-0.15, -0.1) is 0 Å². The highest BCUT2D eigenvalue weighted by Crippen LogP contribution is 2.30. The molecule has 0 spiro atoms. The molecule has 6 nitrogen and oxygen atoms in total. The lowest BCUT2D eigenvalue weighted by atomic mass is 10.0. The van der Waals surface area contributed by atoms with Gasteiger partial charge in [0.1, 0.15) is 12.4 Å². The van der Waals surface area contributed by atoms with Gasteiger partial charge in [-0.3, -0.25) is 9.69 Å². The van der Waals surface area contributed by atoms with Crippen molar-refractivity contribution in [2.24, 2.45) is 0 Å². The summed E-state index contributed by atoms with van der Waals surface area (Å²) in [6.07, 6.45) is 1.77. The maximum absolute atomic E-state index is 14.1. The largest absolute Gasteiger partial charge is 0.339 e. The van der Waals surface area contributed by atoms with Crippen molar-refractivity contribution in [3.8, 4) is 11.1 Å². The number of carbonyl (C=O) groups excluding carboxylic acids is 1. The van der Waals surface area contributed by atoms with Gasteiger partial charge < -0.3 is 4.90 Å². The molecule has 0 bridgehead atoms. The van der Waals surface area contributed by atoms with Crippen LogP contribution in [0.25, 0.3) is 22.2 Å². The van der Waals surface area contributed by atoms with E-state index in [1.54, 1.807) is 23.0 Å². The van der Waals surface area contributed by atoms with E-state index < -0.39 is 0 Å². The highest BCUT2D eigenvalue weighted by Gasteiger charge is 2.24. The summed E-state index contributed by atoms with van der Waals surface area (Å²) >= 11 is 6.18. The number of hydrogen-bond donors (Lipinski definition) is 0. The Morgan fingerprint density at radius 2 is 1.77 bits per heavy atom. The molecule has 3 heterocycles. The number of benzene rings is 2. The van der Waals surface area contributed by atoms with Crippen molar-refractivity contribution in [2.75, 3.05) is 26.2 Å². The maximum Gasteiger partial charge on any atom is 0.244 e. The Labute approximate surface area is 208 Å². The molecule has 1 saturated heterocycles. The van der Waals surface area contributed by atoms with Crippen molar-refractivity contribution in [1.29, 1.82) is 0 Å².